The first-order valence-electron chi connectivity index (χ1n) is 6.89. The largest absolute Gasteiger partial charge is 0.528 e. The average Bonchev–Trinajstić information content (AvgIpc) is 2.63. The van der Waals surface area contributed by atoms with Crippen molar-refractivity contribution in [1.29, 1.82) is 0 Å². The van der Waals surface area contributed by atoms with E-state index in [0.29, 0.717) is 11.1 Å². The minimum atomic E-state index is -3.72. The number of hydrogen-bond donors (Lipinski definition) is 0. The molecule has 126 valence electrons. The lowest BCUT2D eigenvalue weighted by atomic mass is 9.99. The number of benzene rings is 2. The summed E-state index contributed by atoms with van der Waals surface area (Å²) >= 11 is 0. The molecule has 0 unspecified atom stereocenters. The molecule has 0 aliphatic carbocycles. The Morgan fingerprint density at radius 1 is 1.04 bits per heavy atom. The molecular formula is C16H16NO6P. The summed E-state index contributed by atoms with van der Waals surface area (Å²) in [6, 6.07) is 15.1. The van der Waals surface area contributed by atoms with Crippen LogP contribution in [0.3, 0.4) is 0 Å². The van der Waals surface area contributed by atoms with E-state index >= 15 is 0 Å². The first-order chi connectivity index (χ1) is 11.5. The highest BCUT2D eigenvalue weighted by Crippen LogP contribution is 2.48. The summed E-state index contributed by atoms with van der Waals surface area (Å²) in [6.07, 6.45) is 1.22. The van der Waals surface area contributed by atoms with Crippen LogP contribution in [0.25, 0.3) is 5.57 Å². The molecule has 0 atom stereocenters. The van der Waals surface area contributed by atoms with Crippen LogP contribution in [0.15, 0.2) is 60.9 Å². The lowest BCUT2D eigenvalue weighted by Crippen LogP contribution is -1.95. The predicted molar refractivity (Wildman–Crippen MR) is 89.3 cm³/mol. The Morgan fingerprint density at radius 3 is 2.25 bits per heavy atom. The van der Waals surface area contributed by atoms with Crippen molar-refractivity contribution in [3.8, 4) is 0 Å². The van der Waals surface area contributed by atoms with E-state index in [-0.39, 0.29) is 5.69 Å². The van der Waals surface area contributed by atoms with E-state index in [1.807, 2.05) is 18.2 Å². The van der Waals surface area contributed by atoms with Gasteiger partial charge in [-0.2, -0.15) is 0 Å². The average molecular weight is 349 g/mol. The van der Waals surface area contributed by atoms with Crippen LogP contribution in [0.1, 0.15) is 11.1 Å². The van der Waals surface area contributed by atoms with Crippen LogP contribution in [-0.4, -0.2) is 19.1 Å². The highest BCUT2D eigenvalue weighted by molar-refractivity contribution is 7.48. The van der Waals surface area contributed by atoms with Crippen molar-refractivity contribution in [2.24, 2.45) is 0 Å². The number of nitro groups is 1. The molecule has 2 rings (SSSR count). The molecular weight excluding hydrogens is 333 g/mol. The smallest absolute Gasteiger partial charge is 0.411 e. The first kappa shape index (κ1) is 17.9. The van der Waals surface area contributed by atoms with Crippen molar-refractivity contribution in [3.63, 3.8) is 0 Å². The highest BCUT2D eigenvalue weighted by Gasteiger charge is 2.23. The second-order valence-corrected chi connectivity index (χ2v) is 6.46. The van der Waals surface area contributed by atoms with Crippen LogP contribution in [0, 0.1) is 10.1 Å². The molecule has 0 saturated heterocycles. The molecule has 0 amide bonds. The topological polar surface area (TPSA) is 87.9 Å². The molecule has 0 spiro atoms. The monoisotopic (exact) mass is 349 g/mol. The van der Waals surface area contributed by atoms with Crippen LogP contribution < -0.4 is 0 Å². The number of phosphoric acid groups is 1. The van der Waals surface area contributed by atoms with E-state index in [9.17, 15) is 14.7 Å². The predicted octanol–water partition coefficient (Wildman–Crippen LogP) is 4.40. The van der Waals surface area contributed by atoms with Gasteiger partial charge in [0.15, 0.2) is 0 Å². The molecule has 0 N–H and O–H groups in total. The summed E-state index contributed by atoms with van der Waals surface area (Å²) in [5.41, 5.74) is 1.72. The molecule has 24 heavy (non-hydrogen) atoms. The first-order valence-corrected chi connectivity index (χ1v) is 8.35. The van der Waals surface area contributed by atoms with E-state index in [2.05, 4.69) is 0 Å². The zero-order valence-corrected chi connectivity index (χ0v) is 14.0. The zero-order valence-electron chi connectivity index (χ0n) is 13.1. The van der Waals surface area contributed by atoms with Gasteiger partial charge in [-0.15, -0.1) is 0 Å². The van der Waals surface area contributed by atoms with Gasteiger partial charge >= 0.3 is 7.82 Å². The molecule has 0 aliphatic heterocycles. The van der Waals surface area contributed by atoms with Crippen molar-refractivity contribution >= 4 is 19.1 Å². The molecule has 0 radical (unpaired) electrons. The fraction of sp³-hybridized carbons (Fsp3) is 0.125. The third-order valence-corrected chi connectivity index (χ3v) is 4.46. The minimum Gasteiger partial charge on any atom is -0.411 e. The number of non-ortho nitro benzene ring substituents is 1. The van der Waals surface area contributed by atoms with E-state index in [1.54, 1.807) is 24.3 Å². The molecule has 7 nitrogen and oxygen atoms in total. The Bertz CT molecular complexity index is 782. The molecule has 0 aliphatic rings. The summed E-state index contributed by atoms with van der Waals surface area (Å²) in [5, 5.41) is 11.0. The number of nitrogens with zero attached hydrogens (tertiary/aromatic N) is 1. The summed E-state index contributed by atoms with van der Waals surface area (Å²) in [6.45, 7) is 0. The number of phosphoric ester groups is 1. The van der Waals surface area contributed by atoms with Crippen molar-refractivity contribution in [1.82, 2.24) is 0 Å². The summed E-state index contributed by atoms with van der Waals surface area (Å²) < 4.78 is 26.7. The van der Waals surface area contributed by atoms with Gasteiger partial charge in [-0.3, -0.25) is 19.2 Å². The van der Waals surface area contributed by atoms with Crippen molar-refractivity contribution in [3.05, 3.63) is 82.1 Å². The van der Waals surface area contributed by atoms with Crippen molar-refractivity contribution in [2.45, 2.75) is 0 Å². The van der Waals surface area contributed by atoms with Crippen molar-refractivity contribution in [2.75, 3.05) is 14.2 Å². The van der Waals surface area contributed by atoms with E-state index in [0.717, 1.165) is 5.56 Å². The lowest BCUT2D eigenvalue weighted by molar-refractivity contribution is -0.384. The van der Waals surface area contributed by atoms with Crippen LogP contribution in [-0.2, 0) is 18.1 Å². The maximum atomic E-state index is 12.1. The third-order valence-electron chi connectivity index (χ3n) is 3.20. The number of rotatable bonds is 7. The Hall–Kier alpha value is -2.47. The van der Waals surface area contributed by atoms with Gasteiger partial charge in [-0.1, -0.05) is 42.5 Å². The minimum absolute atomic E-state index is 0.0593. The second-order valence-electron chi connectivity index (χ2n) is 4.62. The summed E-state index contributed by atoms with van der Waals surface area (Å²) in [4.78, 5) is 10.5. The van der Waals surface area contributed by atoms with Crippen LogP contribution in [0.4, 0.5) is 5.69 Å². The van der Waals surface area contributed by atoms with Gasteiger partial charge in [0.25, 0.3) is 5.69 Å². The summed E-state index contributed by atoms with van der Waals surface area (Å²) in [7, 11) is -1.31. The number of nitro benzene ring substituents is 1. The maximum Gasteiger partial charge on any atom is 0.528 e. The fourth-order valence-electron chi connectivity index (χ4n) is 1.99. The fourth-order valence-corrected chi connectivity index (χ4v) is 2.54. The normalized spacial score (nSPS) is 12.0. The molecule has 0 saturated carbocycles. The molecule has 8 heteroatoms. The second kappa shape index (κ2) is 7.88. The van der Waals surface area contributed by atoms with Gasteiger partial charge in [0.1, 0.15) is 6.26 Å². The van der Waals surface area contributed by atoms with Gasteiger partial charge in [-0.05, 0) is 11.1 Å². The molecule has 2 aromatic carbocycles. The Balaban J connectivity index is 2.50. The van der Waals surface area contributed by atoms with E-state index in [1.165, 1.54) is 32.6 Å². The molecule has 0 heterocycles. The maximum absolute atomic E-state index is 12.1. The molecule has 0 fully saturated rings. The standard InChI is InChI=1S/C16H16NO6P/c1-21-24(20,22-2)23-12-16(13-7-4-3-5-8-13)14-9-6-10-15(11-14)17(18)19/h3-12H,1-2H3/b16-12+. The Labute approximate surface area is 139 Å². The third kappa shape index (κ3) is 4.29. The van der Waals surface area contributed by atoms with Crippen LogP contribution >= 0.6 is 7.82 Å². The van der Waals surface area contributed by atoms with Crippen molar-refractivity contribution < 1.29 is 23.1 Å². The molecule has 0 bridgehead atoms. The lowest BCUT2D eigenvalue weighted by Gasteiger charge is -2.14. The van der Waals surface area contributed by atoms with Gasteiger partial charge < -0.3 is 4.52 Å². The molecule has 2 aromatic rings. The molecule has 0 aromatic heterocycles. The van der Waals surface area contributed by atoms with Crippen LogP contribution in [0.2, 0.25) is 0 Å². The van der Waals surface area contributed by atoms with Gasteiger partial charge in [0.2, 0.25) is 0 Å². The number of hydrogen-bond acceptors (Lipinski definition) is 6. The van der Waals surface area contributed by atoms with E-state index in [4.69, 9.17) is 13.6 Å². The van der Waals surface area contributed by atoms with Gasteiger partial charge in [0, 0.05) is 31.9 Å². The van der Waals surface area contributed by atoms with E-state index < -0.39 is 12.7 Å². The van der Waals surface area contributed by atoms with Gasteiger partial charge in [-0.25, -0.2) is 4.57 Å². The highest BCUT2D eigenvalue weighted by atomic mass is 31.2. The zero-order chi connectivity index (χ0) is 17.6. The SMILES string of the molecule is COP(=O)(OC)O/C=C(\c1ccccc1)c1cccc([N+](=O)[O-])c1. The quantitative estimate of drug-likeness (QED) is 0.319. The summed E-state index contributed by atoms with van der Waals surface area (Å²) in [5.74, 6) is 0. The Kier molecular flexibility index (Phi) is 5.87. The van der Waals surface area contributed by atoms with Crippen LogP contribution in [0.5, 0.6) is 0 Å². The van der Waals surface area contributed by atoms with Gasteiger partial charge in [0.05, 0.1) is 4.92 Å². The Morgan fingerprint density at radius 2 is 1.67 bits per heavy atom.